The van der Waals surface area contributed by atoms with Gasteiger partial charge in [0.25, 0.3) is 0 Å². The number of ether oxygens (including phenoxy) is 2. The number of benzene rings is 2. The van der Waals surface area contributed by atoms with Crippen LogP contribution in [0.15, 0.2) is 67.0 Å². The van der Waals surface area contributed by atoms with Gasteiger partial charge in [-0.15, -0.1) is 0 Å². The van der Waals surface area contributed by atoms with Crippen molar-refractivity contribution in [2.75, 3.05) is 20.3 Å². The van der Waals surface area contributed by atoms with Crippen molar-refractivity contribution in [3.05, 3.63) is 78.4 Å². The Morgan fingerprint density at radius 3 is 2.38 bits per heavy atom. The van der Waals surface area contributed by atoms with E-state index in [-0.39, 0.29) is 5.82 Å². The monoisotopic (exact) mass is 352 g/mol. The molecule has 0 unspecified atom stereocenters. The van der Waals surface area contributed by atoms with Gasteiger partial charge in [-0.3, -0.25) is 4.98 Å². The number of nitrogens with one attached hydrogen (secondary N) is 1. The second-order valence-electron chi connectivity index (χ2n) is 5.79. The van der Waals surface area contributed by atoms with Crippen molar-refractivity contribution in [3.63, 3.8) is 0 Å². The average Bonchev–Trinajstić information content (AvgIpc) is 2.69. The van der Waals surface area contributed by atoms with Gasteiger partial charge in [0.05, 0.1) is 7.11 Å². The molecule has 3 aromatic rings. The number of aromatic nitrogens is 1. The standard InChI is InChI=1S/C21H21FN2O2/c1-25-20-6-8-21(9-7-20)26-11-10-23-13-16-12-18(15-24-14-16)17-2-4-19(22)5-3-17/h2-9,12,14-15,23H,10-11,13H2,1H3. The molecule has 3 rings (SSSR count). The van der Waals surface area contributed by atoms with E-state index in [1.807, 2.05) is 30.5 Å². The molecule has 1 aromatic heterocycles. The molecule has 0 saturated heterocycles. The van der Waals surface area contributed by atoms with E-state index in [0.29, 0.717) is 19.7 Å². The molecule has 0 amide bonds. The molecule has 134 valence electrons. The van der Waals surface area contributed by atoms with Crippen LogP contribution in [0.25, 0.3) is 11.1 Å². The van der Waals surface area contributed by atoms with Crippen molar-refractivity contribution in [1.82, 2.24) is 10.3 Å². The summed E-state index contributed by atoms with van der Waals surface area (Å²) in [5, 5.41) is 3.33. The number of nitrogens with zero attached hydrogens (tertiary/aromatic N) is 1. The zero-order valence-electron chi connectivity index (χ0n) is 14.6. The van der Waals surface area contributed by atoms with Gasteiger partial charge in [-0.1, -0.05) is 12.1 Å². The quantitative estimate of drug-likeness (QED) is 0.621. The molecule has 0 saturated carbocycles. The molecule has 1 heterocycles. The lowest BCUT2D eigenvalue weighted by Gasteiger charge is -2.09. The number of methoxy groups -OCH3 is 1. The van der Waals surface area contributed by atoms with Gasteiger partial charge in [0, 0.05) is 31.0 Å². The van der Waals surface area contributed by atoms with Gasteiger partial charge >= 0.3 is 0 Å². The minimum Gasteiger partial charge on any atom is -0.497 e. The molecule has 4 nitrogen and oxygen atoms in total. The van der Waals surface area contributed by atoms with Crippen LogP contribution in [-0.4, -0.2) is 25.2 Å². The van der Waals surface area contributed by atoms with E-state index in [0.717, 1.165) is 28.2 Å². The van der Waals surface area contributed by atoms with E-state index in [1.165, 1.54) is 12.1 Å². The minimum atomic E-state index is -0.239. The van der Waals surface area contributed by atoms with Gasteiger partial charge in [0.15, 0.2) is 0 Å². The Labute approximate surface area is 152 Å². The van der Waals surface area contributed by atoms with Crippen molar-refractivity contribution in [2.24, 2.45) is 0 Å². The summed E-state index contributed by atoms with van der Waals surface area (Å²) in [6, 6.07) is 16.0. The van der Waals surface area contributed by atoms with Crippen molar-refractivity contribution >= 4 is 0 Å². The Morgan fingerprint density at radius 2 is 1.65 bits per heavy atom. The first-order valence-electron chi connectivity index (χ1n) is 8.42. The van der Waals surface area contributed by atoms with Gasteiger partial charge in [0.1, 0.15) is 23.9 Å². The van der Waals surface area contributed by atoms with Crippen LogP contribution in [0.4, 0.5) is 4.39 Å². The molecule has 0 bridgehead atoms. The van der Waals surface area contributed by atoms with E-state index in [4.69, 9.17) is 9.47 Å². The molecule has 0 atom stereocenters. The smallest absolute Gasteiger partial charge is 0.123 e. The Kier molecular flexibility index (Phi) is 6.17. The summed E-state index contributed by atoms with van der Waals surface area (Å²) in [4.78, 5) is 4.27. The lowest BCUT2D eigenvalue weighted by molar-refractivity contribution is 0.313. The first-order valence-corrected chi connectivity index (χ1v) is 8.42. The maximum absolute atomic E-state index is 13.0. The van der Waals surface area contributed by atoms with Crippen molar-refractivity contribution < 1.29 is 13.9 Å². The fourth-order valence-corrected chi connectivity index (χ4v) is 2.53. The third-order valence-corrected chi connectivity index (χ3v) is 3.91. The number of halogens is 1. The molecule has 0 aliphatic rings. The molecular formula is C21H21FN2O2. The molecular weight excluding hydrogens is 331 g/mol. The highest BCUT2D eigenvalue weighted by Crippen LogP contribution is 2.20. The first kappa shape index (κ1) is 17.9. The van der Waals surface area contributed by atoms with Gasteiger partial charge in [-0.05, 0) is 53.6 Å². The van der Waals surface area contributed by atoms with E-state index in [2.05, 4.69) is 16.4 Å². The fourth-order valence-electron chi connectivity index (χ4n) is 2.53. The topological polar surface area (TPSA) is 43.4 Å². The SMILES string of the molecule is COc1ccc(OCCNCc2cncc(-c3ccc(F)cc3)c2)cc1. The van der Waals surface area contributed by atoms with Crippen LogP contribution in [0.5, 0.6) is 11.5 Å². The second kappa shape index (κ2) is 8.97. The predicted octanol–water partition coefficient (Wildman–Crippen LogP) is 4.06. The molecule has 1 N–H and O–H groups in total. The zero-order valence-corrected chi connectivity index (χ0v) is 14.6. The fraction of sp³-hybridized carbons (Fsp3) is 0.190. The summed E-state index contributed by atoms with van der Waals surface area (Å²) in [6.45, 7) is 1.97. The van der Waals surface area contributed by atoms with Gasteiger partial charge in [-0.25, -0.2) is 4.39 Å². The van der Waals surface area contributed by atoms with E-state index in [9.17, 15) is 4.39 Å². The Hall–Kier alpha value is -2.92. The summed E-state index contributed by atoms with van der Waals surface area (Å²) in [5.41, 5.74) is 2.98. The van der Waals surface area contributed by atoms with E-state index < -0.39 is 0 Å². The predicted molar refractivity (Wildman–Crippen MR) is 99.8 cm³/mol. The highest BCUT2D eigenvalue weighted by molar-refractivity contribution is 5.62. The lowest BCUT2D eigenvalue weighted by Crippen LogP contribution is -2.20. The maximum atomic E-state index is 13.0. The number of hydrogen-bond donors (Lipinski definition) is 1. The van der Waals surface area contributed by atoms with Gasteiger partial charge in [-0.2, -0.15) is 0 Å². The molecule has 0 fully saturated rings. The lowest BCUT2D eigenvalue weighted by atomic mass is 10.1. The summed E-state index contributed by atoms with van der Waals surface area (Å²) in [6.07, 6.45) is 3.61. The second-order valence-corrected chi connectivity index (χ2v) is 5.79. The third-order valence-electron chi connectivity index (χ3n) is 3.91. The van der Waals surface area contributed by atoms with Crippen LogP contribution >= 0.6 is 0 Å². The summed E-state index contributed by atoms with van der Waals surface area (Å²) >= 11 is 0. The van der Waals surface area contributed by atoms with E-state index in [1.54, 1.807) is 25.4 Å². The molecule has 2 aromatic carbocycles. The highest BCUT2D eigenvalue weighted by atomic mass is 19.1. The van der Waals surface area contributed by atoms with Crippen LogP contribution in [0.2, 0.25) is 0 Å². The molecule has 0 aliphatic carbocycles. The molecule has 0 spiro atoms. The van der Waals surface area contributed by atoms with Gasteiger partial charge in [0.2, 0.25) is 0 Å². The summed E-state index contributed by atoms with van der Waals surface area (Å²) < 4.78 is 23.8. The van der Waals surface area contributed by atoms with E-state index >= 15 is 0 Å². The van der Waals surface area contributed by atoms with Crippen LogP contribution in [0, 0.1) is 5.82 Å². The Bertz CT molecular complexity index is 820. The molecule has 5 heteroatoms. The number of pyridine rings is 1. The zero-order chi connectivity index (χ0) is 18.2. The molecule has 0 aliphatic heterocycles. The van der Waals surface area contributed by atoms with Crippen LogP contribution in [-0.2, 0) is 6.54 Å². The molecule has 0 radical (unpaired) electrons. The van der Waals surface area contributed by atoms with Crippen LogP contribution in [0.3, 0.4) is 0 Å². The maximum Gasteiger partial charge on any atom is 0.123 e. The van der Waals surface area contributed by atoms with Crippen LogP contribution < -0.4 is 14.8 Å². The van der Waals surface area contributed by atoms with Crippen molar-refractivity contribution in [1.29, 1.82) is 0 Å². The molecule has 26 heavy (non-hydrogen) atoms. The van der Waals surface area contributed by atoms with Crippen LogP contribution in [0.1, 0.15) is 5.56 Å². The van der Waals surface area contributed by atoms with Crippen molar-refractivity contribution in [2.45, 2.75) is 6.54 Å². The number of rotatable bonds is 8. The number of hydrogen-bond acceptors (Lipinski definition) is 4. The Morgan fingerprint density at radius 1 is 0.923 bits per heavy atom. The van der Waals surface area contributed by atoms with Crippen molar-refractivity contribution in [3.8, 4) is 22.6 Å². The largest absolute Gasteiger partial charge is 0.497 e. The third kappa shape index (κ3) is 5.04. The van der Waals surface area contributed by atoms with Gasteiger partial charge < -0.3 is 14.8 Å². The normalized spacial score (nSPS) is 10.5. The highest BCUT2D eigenvalue weighted by Gasteiger charge is 2.01. The summed E-state index contributed by atoms with van der Waals surface area (Å²) in [7, 11) is 1.64. The first-order chi connectivity index (χ1) is 12.7. The average molecular weight is 352 g/mol. The minimum absolute atomic E-state index is 0.239. The Balaban J connectivity index is 1.46. The summed E-state index contributed by atoms with van der Waals surface area (Å²) in [5.74, 6) is 1.38.